The van der Waals surface area contributed by atoms with Gasteiger partial charge in [-0.05, 0) is 41.6 Å². The molecule has 150 valence electrons. The molecule has 5 heteroatoms. The molecular formula is C24H29FN2Si2. The number of nitrogens with zero attached hydrogens (tertiary/aromatic N) is 2. The lowest BCUT2D eigenvalue weighted by Crippen LogP contribution is -2.47. The average molecular weight is 421 g/mol. The molecule has 2 heterocycles. The third-order valence-electron chi connectivity index (χ3n) is 5.65. The van der Waals surface area contributed by atoms with E-state index in [1.54, 1.807) is 6.07 Å². The topological polar surface area (TPSA) is 17.8 Å². The van der Waals surface area contributed by atoms with Gasteiger partial charge in [-0.15, -0.1) is 0 Å². The number of halogens is 1. The number of aromatic nitrogens is 2. The lowest BCUT2D eigenvalue weighted by molar-refractivity contribution is 0.629. The maximum atomic E-state index is 14.0. The first-order valence-electron chi connectivity index (χ1n) is 10.2. The van der Waals surface area contributed by atoms with Gasteiger partial charge in [0.1, 0.15) is 11.6 Å². The van der Waals surface area contributed by atoms with Crippen LogP contribution in [0.4, 0.5) is 4.39 Å². The van der Waals surface area contributed by atoms with Crippen molar-refractivity contribution in [2.75, 3.05) is 0 Å². The van der Waals surface area contributed by atoms with Crippen LogP contribution in [-0.2, 0) is 0 Å². The predicted octanol–water partition coefficient (Wildman–Crippen LogP) is 7.16. The summed E-state index contributed by atoms with van der Waals surface area (Å²) in [4.78, 5) is 5.21. The summed E-state index contributed by atoms with van der Waals surface area (Å²) in [7, 11) is -2.89. The molecule has 0 N–H and O–H groups in total. The first-order valence-corrected chi connectivity index (χ1v) is 17.4. The molecule has 0 unspecified atom stereocenters. The van der Waals surface area contributed by atoms with Crippen LogP contribution in [0.3, 0.4) is 0 Å². The van der Waals surface area contributed by atoms with E-state index in [1.165, 1.54) is 11.8 Å². The van der Waals surface area contributed by atoms with Gasteiger partial charge in [0.2, 0.25) is 0 Å². The van der Waals surface area contributed by atoms with Crippen molar-refractivity contribution in [1.82, 2.24) is 9.55 Å². The van der Waals surface area contributed by atoms with E-state index in [-0.39, 0.29) is 5.82 Å². The van der Waals surface area contributed by atoms with E-state index in [2.05, 4.69) is 74.2 Å². The van der Waals surface area contributed by atoms with Crippen molar-refractivity contribution < 1.29 is 4.39 Å². The van der Waals surface area contributed by atoms with Gasteiger partial charge in [0, 0.05) is 16.5 Å². The fraction of sp³-hybridized carbons (Fsp3) is 0.292. The summed E-state index contributed by atoms with van der Waals surface area (Å²) < 4.78 is 16.2. The van der Waals surface area contributed by atoms with Gasteiger partial charge in [0.05, 0.1) is 27.2 Å². The minimum atomic E-state index is -1.45. The number of para-hydroxylation sites is 1. The molecule has 0 aliphatic carbocycles. The molecule has 0 fully saturated rings. The summed E-state index contributed by atoms with van der Waals surface area (Å²) in [5.74, 6) is 0.710. The standard InChI is InChI=1S/C24H29FN2Si2/c1-28(2,3)24(29(4,5)6)20-11-9-13-23(26-20)27-21-12-8-7-10-18(21)19-16-17(25)14-15-22(19)27/h7-16,24H,1-6H3. The molecule has 0 saturated carbocycles. The Labute approximate surface area is 174 Å². The highest BCUT2D eigenvalue weighted by atomic mass is 28.4. The van der Waals surface area contributed by atoms with E-state index < -0.39 is 16.1 Å². The molecule has 0 saturated heterocycles. The van der Waals surface area contributed by atoms with Crippen molar-refractivity contribution in [1.29, 1.82) is 0 Å². The van der Waals surface area contributed by atoms with E-state index in [0.717, 1.165) is 27.6 Å². The van der Waals surface area contributed by atoms with Gasteiger partial charge < -0.3 is 0 Å². The Kier molecular flexibility index (Phi) is 4.78. The van der Waals surface area contributed by atoms with Gasteiger partial charge in [-0.25, -0.2) is 9.37 Å². The molecule has 2 nitrogen and oxygen atoms in total. The van der Waals surface area contributed by atoms with Crippen LogP contribution in [0.25, 0.3) is 27.6 Å². The van der Waals surface area contributed by atoms with Crippen LogP contribution >= 0.6 is 0 Å². The first-order chi connectivity index (χ1) is 13.6. The Morgan fingerprint density at radius 3 is 2.10 bits per heavy atom. The molecule has 29 heavy (non-hydrogen) atoms. The Balaban J connectivity index is 1.99. The average Bonchev–Trinajstić information content (AvgIpc) is 2.93. The monoisotopic (exact) mass is 420 g/mol. The minimum Gasteiger partial charge on any atom is -0.294 e. The highest BCUT2D eigenvalue weighted by Gasteiger charge is 2.39. The van der Waals surface area contributed by atoms with Crippen LogP contribution < -0.4 is 0 Å². The molecule has 4 rings (SSSR count). The molecule has 0 aliphatic rings. The Bertz CT molecular complexity index is 1190. The van der Waals surface area contributed by atoms with Crippen LogP contribution in [0.1, 0.15) is 10.9 Å². The molecule has 2 aromatic heterocycles. The van der Waals surface area contributed by atoms with Crippen LogP contribution in [-0.4, -0.2) is 25.7 Å². The maximum Gasteiger partial charge on any atom is 0.137 e. The van der Waals surface area contributed by atoms with Crippen molar-refractivity contribution in [2.45, 2.75) is 44.4 Å². The molecule has 0 radical (unpaired) electrons. The minimum absolute atomic E-state index is 0.209. The fourth-order valence-electron chi connectivity index (χ4n) is 5.10. The third kappa shape index (κ3) is 3.58. The lowest BCUT2D eigenvalue weighted by Gasteiger charge is -2.38. The largest absolute Gasteiger partial charge is 0.294 e. The van der Waals surface area contributed by atoms with E-state index in [0.29, 0.717) is 5.16 Å². The molecule has 0 atom stereocenters. The second kappa shape index (κ2) is 6.92. The van der Waals surface area contributed by atoms with E-state index in [1.807, 2.05) is 18.2 Å². The first kappa shape index (κ1) is 20.0. The van der Waals surface area contributed by atoms with Crippen molar-refractivity contribution >= 4 is 38.0 Å². The Morgan fingerprint density at radius 1 is 0.759 bits per heavy atom. The van der Waals surface area contributed by atoms with Crippen molar-refractivity contribution in [3.8, 4) is 5.82 Å². The number of benzene rings is 2. The fourth-order valence-corrected chi connectivity index (χ4v) is 17.6. The Hall–Kier alpha value is -2.25. The van der Waals surface area contributed by atoms with Crippen LogP contribution in [0.15, 0.2) is 60.7 Å². The zero-order valence-electron chi connectivity index (χ0n) is 18.1. The van der Waals surface area contributed by atoms with Gasteiger partial charge in [-0.1, -0.05) is 63.5 Å². The normalized spacial score (nSPS) is 13.0. The van der Waals surface area contributed by atoms with Gasteiger partial charge in [-0.3, -0.25) is 4.57 Å². The van der Waals surface area contributed by atoms with Crippen molar-refractivity contribution in [2.24, 2.45) is 0 Å². The predicted molar refractivity (Wildman–Crippen MR) is 128 cm³/mol. The summed E-state index contributed by atoms with van der Waals surface area (Å²) in [6.45, 7) is 14.7. The number of pyridine rings is 1. The molecule has 0 amide bonds. The second-order valence-corrected chi connectivity index (χ2v) is 21.3. The number of fused-ring (bicyclic) bond motifs is 3. The van der Waals surface area contributed by atoms with Gasteiger partial charge in [0.25, 0.3) is 0 Å². The SMILES string of the molecule is C[Si](C)(C)C(c1cccc(-n2c3ccccc3c3cc(F)ccc32)n1)[Si](C)(C)C. The highest BCUT2D eigenvalue weighted by molar-refractivity contribution is 6.96. The summed E-state index contributed by atoms with van der Waals surface area (Å²) in [5.41, 5.74) is 3.28. The molecule has 0 spiro atoms. The van der Waals surface area contributed by atoms with Gasteiger partial charge >= 0.3 is 0 Å². The summed E-state index contributed by atoms with van der Waals surface area (Å²) >= 11 is 0. The summed E-state index contributed by atoms with van der Waals surface area (Å²) in [5, 5.41) is 2.56. The van der Waals surface area contributed by atoms with Crippen LogP contribution in [0.2, 0.25) is 39.3 Å². The van der Waals surface area contributed by atoms with Gasteiger partial charge in [0.15, 0.2) is 0 Å². The zero-order valence-corrected chi connectivity index (χ0v) is 20.1. The van der Waals surface area contributed by atoms with E-state index >= 15 is 0 Å². The lowest BCUT2D eigenvalue weighted by atomic mass is 10.1. The number of hydrogen-bond acceptors (Lipinski definition) is 1. The molecular weight excluding hydrogens is 391 g/mol. The number of rotatable bonds is 4. The van der Waals surface area contributed by atoms with Crippen LogP contribution in [0.5, 0.6) is 0 Å². The van der Waals surface area contributed by atoms with Crippen LogP contribution in [0, 0.1) is 5.82 Å². The zero-order chi connectivity index (χ0) is 21.0. The molecule has 0 bridgehead atoms. The second-order valence-electron chi connectivity index (χ2n) is 10.1. The highest BCUT2D eigenvalue weighted by Crippen LogP contribution is 2.36. The quantitative estimate of drug-likeness (QED) is 0.320. The number of hydrogen-bond donors (Lipinski definition) is 0. The van der Waals surface area contributed by atoms with Crippen molar-refractivity contribution in [3.63, 3.8) is 0 Å². The van der Waals surface area contributed by atoms with E-state index in [9.17, 15) is 4.39 Å². The maximum absolute atomic E-state index is 14.0. The van der Waals surface area contributed by atoms with E-state index in [4.69, 9.17) is 4.98 Å². The smallest absolute Gasteiger partial charge is 0.137 e. The summed E-state index contributed by atoms with van der Waals surface area (Å²) in [6, 6.07) is 19.6. The molecule has 2 aromatic carbocycles. The summed E-state index contributed by atoms with van der Waals surface area (Å²) in [6.07, 6.45) is 0. The molecule has 4 aromatic rings. The molecule has 0 aliphatic heterocycles. The van der Waals surface area contributed by atoms with Crippen molar-refractivity contribution in [3.05, 3.63) is 72.2 Å². The van der Waals surface area contributed by atoms with Gasteiger partial charge in [-0.2, -0.15) is 0 Å². The third-order valence-corrected chi connectivity index (χ3v) is 14.9. The Morgan fingerprint density at radius 2 is 1.41 bits per heavy atom.